The number of nitrogens with one attached hydrogen (secondary N) is 1. The molecule has 0 aliphatic heterocycles. The normalized spacial score (nSPS) is 11.8. The first kappa shape index (κ1) is 28.0. The van der Waals surface area contributed by atoms with Crippen LogP contribution < -0.4 is 5.56 Å². The Hall–Kier alpha value is -5.17. The van der Waals surface area contributed by atoms with E-state index in [0.717, 1.165) is 0 Å². The number of aromatic amines is 1. The van der Waals surface area contributed by atoms with Crippen LogP contribution in [0.1, 0.15) is 30.8 Å². The standard InChI is InChI=1S/C30H24FN5O6S/c31-19-10-12-20(13-11-19)36-27(7-3-4-8-28(37)38)32-26-15-18(9-14-22(26)29(36)39)25-16-21(42-35-25)17-43(40,41)30-33-23-5-1-2-6-24(23)34-30/h1-2,5-6,9-16H,3-4,7-8,17H2,(H,33,34)(H,37,38). The quantitative estimate of drug-likeness (QED) is 0.210. The molecule has 0 aliphatic rings. The second kappa shape index (κ2) is 11.2. The Balaban J connectivity index is 1.32. The van der Waals surface area contributed by atoms with Gasteiger partial charge in [0, 0.05) is 24.5 Å². The lowest BCUT2D eigenvalue weighted by atomic mass is 10.1. The van der Waals surface area contributed by atoms with Crippen molar-refractivity contribution in [3.63, 3.8) is 0 Å². The fourth-order valence-electron chi connectivity index (χ4n) is 4.82. The fourth-order valence-corrected chi connectivity index (χ4v) is 5.97. The number of carboxylic acids is 1. The van der Waals surface area contributed by atoms with Gasteiger partial charge in [0.1, 0.15) is 23.1 Å². The Bertz CT molecular complexity index is 2120. The number of fused-ring (bicyclic) bond motifs is 2. The van der Waals surface area contributed by atoms with Gasteiger partial charge < -0.3 is 14.6 Å². The monoisotopic (exact) mass is 601 g/mol. The second-order valence-corrected chi connectivity index (χ2v) is 11.9. The number of carboxylic acid groups (broad SMARTS) is 1. The zero-order valence-corrected chi connectivity index (χ0v) is 23.3. The maximum Gasteiger partial charge on any atom is 0.303 e. The molecule has 0 saturated carbocycles. The van der Waals surface area contributed by atoms with Crippen molar-refractivity contribution in [1.82, 2.24) is 24.7 Å². The van der Waals surface area contributed by atoms with E-state index in [-0.39, 0.29) is 22.9 Å². The molecule has 3 aromatic carbocycles. The maximum absolute atomic E-state index is 13.6. The number of unbranched alkanes of at least 4 members (excludes halogenated alkanes) is 1. The molecule has 0 saturated heterocycles. The van der Waals surface area contributed by atoms with Gasteiger partial charge in [-0.05, 0) is 61.4 Å². The van der Waals surface area contributed by atoms with Gasteiger partial charge in [-0.2, -0.15) is 0 Å². The summed E-state index contributed by atoms with van der Waals surface area (Å²) in [5, 5.41) is 13.2. The van der Waals surface area contributed by atoms with Crippen molar-refractivity contribution in [2.75, 3.05) is 0 Å². The van der Waals surface area contributed by atoms with Gasteiger partial charge in [0.05, 0.1) is 27.6 Å². The van der Waals surface area contributed by atoms with E-state index in [4.69, 9.17) is 14.6 Å². The van der Waals surface area contributed by atoms with E-state index >= 15 is 0 Å². The lowest BCUT2D eigenvalue weighted by Gasteiger charge is -2.14. The molecule has 3 aromatic heterocycles. The minimum absolute atomic E-state index is 0.0148. The minimum Gasteiger partial charge on any atom is -0.481 e. The van der Waals surface area contributed by atoms with Crippen LogP contribution in [0.3, 0.4) is 0 Å². The number of aliphatic carboxylic acids is 1. The van der Waals surface area contributed by atoms with E-state index in [1.165, 1.54) is 34.9 Å². The van der Waals surface area contributed by atoms with Gasteiger partial charge in [0.2, 0.25) is 15.0 Å². The van der Waals surface area contributed by atoms with E-state index in [2.05, 4.69) is 15.1 Å². The van der Waals surface area contributed by atoms with Crippen LogP contribution in [0.25, 0.3) is 38.9 Å². The van der Waals surface area contributed by atoms with Crippen LogP contribution in [-0.4, -0.2) is 44.2 Å². The van der Waals surface area contributed by atoms with Crippen molar-refractivity contribution in [3.05, 3.63) is 101 Å². The van der Waals surface area contributed by atoms with Crippen molar-refractivity contribution < 1.29 is 27.2 Å². The third-order valence-corrected chi connectivity index (χ3v) is 8.36. The summed E-state index contributed by atoms with van der Waals surface area (Å²) < 4.78 is 46.3. The molecule has 0 fully saturated rings. The predicted molar refractivity (Wildman–Crippen MR) is 155 cm³/mol. The van der Waals surface area contributed by atoms with Crippen LogP contribution >= 0.6 is 0 Å². The molecule has 0 aliphatic carbocycles. The zero-order chi connectivity index (χ0) is 30.1. The smallest absolute Gasteiger partial charge is 0.303 e. The van der Waals surface area contributed by atoms with Crippen molar-refractivity contribution in [3.8, 4) is 16.9 Å². The number of para-hydroxylation sites is 2. The van der Waals surface area contributed by atoms with Crippen LogP contribution in [0.4, 0.5) is 4.39 Å². The second-order valence-electron chi connectivity index (χ2n) is 9.97. The Morgan fingerprint density at radius 2 is 1.77 bits per heavy atom. The Morgan fingerprint density at radius 1 is 0.977 bits per heavy atom. The highest BCUT2D eigenvalue weighted by Crippen LogP contribution is 2.26. The molecule has 6 rings (SSSR count). The van der Waals surface area contributed by atoms with Gasteiger partial charge >= 0.3 is 5.97 Å². The summed E-state index contributed by atoms with van der Waals surface area (Å²) in [5.74, 6) is -1.33. The van der Waals surface area contributed by atoms with Crippen molar-refractivity contribution in [1.29, 1.82) is 0 Å². The molecule has 3 heterocycles. The summed E-state index contributed by atoms with van der Waals surface area (Å²) >= 11 is 0. The van der Waals surface area contributed by atoms with Crippen molar-refractivity contribution in [2.45, 2.75) is 36.6 Å². The van der Waals surface area contributed by atoms with E-state index in [9.17, 15) is 22.4 Å². The SMILES string of the molecule is O=C(O)CCCCc1nc2cc(-c3cc(CS(=O)(=O)c4nc5ccccc5[nH]4)on3)ccc2c(=O)n1-c1ccc(F)cc1. The zero-order valence-electron chi connectivity index (χ0n) is 22.5. The van der Waals surface area contributed by atoms with E-state index in [1.807, 2.05) is 0 Å². The van der Waals surface area contributed by atoms with E-state index in [0.29, 0.717) is 64.0 Å². The largest absolute Gasteiger partial charge is 0.481 e. The highest BCUT2D eigenvalue weighted by molar-refractivity contribution is 7.90. The van der Waals surface area contributed by atoms with E-state index in [1.54, 1.807) is 42.5 Å². The van der Waals surface area contributed by atoms with Crippen LogP contribution in [-0.2, 0) is 26.8 Å². The number of aromatic nitrogens is 5. The summed E-state index contributed by atoms with van der Waals surface area (Å²) in [4.78, 5) is 36.3. The number of hydrogen-bond donors (Lipinski definition) is 2. The van der Waals surface area contributed by atoms with Crippen LogP contribution in [0.5, 0.6) is 0 Å². The summed E-state index contributed by atoms with van der Waals surface area (Å²) in [6.45, 7) is 0. The molecule has 11 nitrogen and oxygen atoms in total. The van der Waals surface area contributed by atoms with Gasteiger partial charge in [0.15, 0.2) is 5.76 Å². The molecule has 13 heteroatoms. The first-order valence-corrected chi connectivity index (χ1v) is 15.0. The number of rotatable bonds is 10. The topological polar surface area (TPSA) is 161 Å². The molecule has 6 aromatic rings. The number of carbonyl (C=O) groups is 1. The predicted octanol–water partition coefficient (Wildman–Crippen LogP) is 4.83. The molecule has 0 amide bonds. The van der Waals surface area contributed by atoms with Gasteiger partial charge in [0.25, 0.3) is 5.56 Å². The molecule has 0 radical (unpaired) electrons. The summed E-state index contributed by atoms with van der Waals surface area (Å²) in [6, 6.07) is 18.9. The Labute approximate surface area is 243 Å². The van der Waals surface area contributed by atoms with Crippen LogP contribution in [0.15, 0.2) is 87.3 Å². The molecule has 2 N–H and O–H groups in total. The number of hydrogen-bond acceptors (Lipinski definition) is 8. The number of aryl methyl sites for hydroxylation is 1. The van der Waals surface area contributed by atoms with Gasteiger partial charge in [-0.25, -0.2) is 22.8 Å². The van der Waals surface area contributed by atoms with Crippen LogP contribution in [0, 0.1) is 5.82 Å². The molecular weight excluding hydrogens is 577 g/mol. The van der Waals surface area contributed by atoms with Crippen molar-refractivity contribution >= 4 is 37.7 Å². The Kier molecular flexibility index (Phi) is 7.32. The number of nitrogens with zero attached hydrogens (tertiary/aromatic N) is 4. The average molecular weight is 602 g/mol. The first-order valence-electron chi connectivity index (χ1n) is 13.3. The highest BCUT2D eigenvalue weighted by atomic mass is 32.2. The number of benzene rings is 3. The van der Waals surface area contributed by atoms with E-state index < -0.39 is 27.4 Å². The molecule has 218 valence electrons. The number of imidazole rings is 1. The third-order valence-electron chi connectivity index (χ3n) is 6.91. The Morgan fingerprint density at radius 3 is 2.53 bits per heavy atom. The molecule has 0 atom stereocenters. The minimum atomic E-state index is -3.86. The van der Waals surface area contributed by atoms with Crippen molar-refractivity contribution in [2.24, 2.45) is 0 Å². The number of sulfone groups is 1. The average Bonchev–Trinajstić information content (AvgIpc) is 3.63. The number of halogens is 1. The lowest BCUT2D eigenvalue weighted by molar-refractivity contribution is -0.137. The fraction of sp³-hybridized carbons (Fsp3) is 0.167. The van der Waals surface area contributed by atoms with Gasteiger partial charge in [-0.15, -0.1) is 0 Å². The number of H-pyrrole nitrogens is 1. The molecular formula is C30H24FN5O6S. The van der Waals surface area contributed by atoms with Gasteiger partial charge in [-0.3, -0.25) is 14.2 Å². The van der Waals surface area contributed by atoms with Crippen LogP contribution in [0.2, 0.25) is 0 Å². The van der Waals surface area contributed by atoms with Gasteiger partial charge in [-0.1, -0.05) is 23.4 Å². The summed E-state index contributed by atoms with van der Waals surface area (Å²) in [5.41, 5.74) is 2.47. The first-order chi connectivity index (χ1) is 20.7. The summed E-state index contributed by atoms with van der Waals surface area (Å²) in [6.07, 6.45) is 1.16. The summed E-state index contributed by atoms with van der Waals surface area (Å²) in [7, 11) is -3.86. The molecule has 0 unspecified atom stereocenters. The lowest BCUT2D eigenvalue weighted by Crippen LogP contribution is -2.24. The molecule has 43 heavy (non-hydrogen) atoms. The molecule has 0 spiro atoms. The molecule has 0 bridgehead atoms. The maximum atomic E-state index is 13.6. The highest BCUT2D eigenvalue weighted by Gasteiger charge is 2.23. The third kappa shape index (κ3) is 5.79.